The van der Waals surface area contributed by atoms with E-state index in [1.54, 1.807) is 12.1 Å². The summed E-state index contributed by atoms with van der Waals surface area (Å²) >= 11 is 0. The van der Waals surface area contributed by atoms with Crippen LogP contribution in [0.5, 0.6) is 5.75 Å². The van der Waals surface area contributed by atoms with Gasteiger partial charge in [0, 0.05) is 36.1 Å². The highest BCUT2D eigenvalue weighted by molar-refractivity contribution is 6.00. The van der Waals surface area contributed by atoms with E-state index in [0.29, 0.717) is 23.7 Å². The van der Waals surface area contributed by atoms with Gasteiger partial charge >= 0.3 is 0 Å². The Morgan fingerprint density at radius 1 is 1.14 bits per heavy atom. The number of nitrogens with two attached hydrogens (primary N) is 1. The van der Waals surface area contributed by atoms with Crippen LogP contribution < -0.4 is 16.4 Å². The minimum absolute atomic E-state index is 0.257. The monoisotopic (exact) mass is 498 g/mol. The second-order valence-corrected chi connectivity index (χ2v) is 9.98. The van der Waals surface area contributed by atoms with E-state index in [0.717, 1.165) is 42.4 Å². The van der Waals surface area contributed by atoms with Crippen molar-refractivity contribution in [1.82, 2.24) is 14.5 Å². The van der Waals surface area contributed by atoms with Gasteiger partial charge in [0.2, 0.25) is 5.95 Å². The molecule has 0 spiro atoms. The van der Waals surface area contributed by atoms with Crippen LogP contribution in [0.3, 0.4) is 0 Å². The summed E-state index contributed by atoms with van der Waals surface area (Å²) in [7, 11) is 0. The summed E-state index contributed by atoms with van der Waals surface area (Å²) in [4.78, 5) is 21.2. The van der Waals surface area contributed by atoms with Gasteiger partial charge in [-0.15, -0.1) is 0 Å². The Balaban J connectivity index is 1.34. The number of aromatic nitrogens is 3. The van der Waals surface area contributed by atoms with Crippen molar-refractivity contribution in [2.45, 2.75) is 58.0 Å². The van der Waals surface area contributed by atoms with Gasteiger partial charge < -0.3 is 26.0 Å². The number of fused-ring (bicyclic) bond motifs is 1. The zero-order valence-electron chi connectivity index (χ0n) is 21.2. The van der Waals surface area contributed by atoms with Crippen molar-refractivity contribution in [2.75, 3.05) is 10.6 Å². The molecule has 0 unspecified atom stereocenters. The molecule has 2 heterocycles. The lowest BCUT2D eigenvalue weighted by Crippen LogP contribution is -2.31. The quantitative estimate of drug-likeness (QED) is 0.238. The van der Waals surface area contributed by atoms with E-state index in [-0.39, 0.29) is 11.3 Å². The summed E-state index contributed by atoms with van der Waals surface area (Å²) in [6.45, 7) is 3.12. The Labute approximate surface area is 216 Å². The molecule has 1 amide bonds. The van der Waals surface area contributed by atoms with E-state index in [9.17, 15) is 9.90 Å². The van der Waals surface area contributed by atoms with Crippen LogP contribution in [0.15, 0.2) is 60.9 Å². The zero-order valence-corrected chi connectivity index (χ0v) is 21.2. The van der Waals surface area contributed by atoms with E-state index in [1.165, 1.54) is 31.0 Å². The number of carbonyl (C=O) groups is 1. The molecule has 2 aromatic carbocycles. The van der Waals surface area contributed by atoms with Crippen LogP contribution in [0.25, 0.3) is 10.9 Å². The highest BCUT2D eigenvalue weighted by atomic mass is 16.3. The Morgan fingerprint density at radius 2 is 1.95 bits per heavy atom. The molecule has 8 heteroatoms. The molecular formula is C29H34N6O2. The summed E-state index contributed by atoms with van der Waals surface area (Å²) in [5.41, 5.74) is 9.06. The number of nitrogens with one attached hydrogen (secondary N) is 2. The summed E-state index contributed by atoms with van der Waals surface area (Å²) in [5.74, 6) is 1.17. The van der Waals surface area contributed by atoms with Crippen LogP contribution >= 0.6 is 0 Å². The molecule has 8 nitrogen and oxygen atoms in total. The van der Waals surface area contributed by atoms with Crippen molar-refractivity contribution in [2.24, 2.45) is 11.7 Å². The van der Waals surface area contributed by atoms with Gasteiger partial charge in [-0.05, 0) is 67.5 Å². The van der Waals surface area contributed by atoms with E-state index in [4.69, 9.17) is 5.73 Å². The molecule has 5 N–H and O–H groups in total. The van der Waals surface area contributed by atoms with Gasteiger partial charge in [0.05, 0.1) is 5.52 Å². The predicted molar refractivity (Wildman–Crippen MR) is 147 cm³/mol. The first-order chi connectivity index (χ1) is 18.0. The number of aryl methyl sites for hydroxylation is 2. The molecule has 4 aromatic rings. The second-order valence-electron chi connectivity index (χ2n) is 9.98. The lowest BCUT2D eigenvalue weighted by Gasteiger charge is -2.29. The maximum Gasteiger partial charge on any atom is 0.254 e. The number of hydrogen-bond acceptors (Lipinski definition) is 6. The smallest absolute Gasteiger partial charge is 0.254 e. The minimum Gasteiger partial charge on any atom is -0.508 e. The molecule has 37 heavy (non-hydrogen) atoms. The molecule has 1 aliphatic carbocycles. The van der Waals surface area contributed by atoms with E-state index in [1.807, 2.05) is 24.3 Å². The number of carbonyl (C=O) groups excluding carboxylic acids is 1. The normalized spacial score (nSPS) is 17.5. The summed E-state index contributed by atoms with van der Waals surface area (Å²) in [5, 5.41) is 17.3. The Hall–Kier alpha value is -4.07. The third kappa shape index (κ3) is 5.69. The van der Waals surface area contributed by atoms with Gasteiger partial charge in [-0.25, -0.2) is 4.98 Å². The molecule has 5 rings (SSSR count). The zero-order chi connectivity index (χ0) is 25.8. The highest BCUT2D eigenvalue weighted by Crippen LogP contribution is 2.30. The number of amides is 1. The van der Waals surface area contributed by atoms with E-state index in [2.05, 4.69) is 50.4 Å². The minimum atomic E-state index is -0.570. The Bertz CT molecular complexity index is 1380. The Morgan fingerprint density at radius 3 is 2.73 bits per heavy atom. The summed E-state index contributed by atoms with van der Waals surface area (Å²) < 4.78 is 2.23. The van der Waals surface area contributed by atoms with Crippen molar-refractivity contribution >= 4 is 34.3 Å². The molecule has 1 aliphatic rings. The maximum absolute atomic E-state index is 12.2. The van der Waals surface area contributed by atoms with Crippen molar-refractivity contribution in [3.8, 4) is 5.75 Å². The van der Waals surface area contributed by atoms with Crippen LogP contribution in [0.4, 0.5) is 17.5 Å². The molecule has 0 radical (unpaired) electrons. The lowest BCUT2D eigenvalue weighted by molar-refractivity contribution is 0.100. The number of benzene rings is 2. The van der Waals surface area contributed by atoms with Crippen molar-refractivity contribution in [1.29, 1.82) is 0 Å². The largest absolute Gasteiger partial charge is 0.508 e. The SMILES string of the molecule is C[C@H]1CCCC[C@H]1Nc1ncc(C(N)=O)c(Nc2cccc3c2ccn3CCCc2ccc(O)cc2)n1. The summed E-state index contributed by atoms with van der Waals surface area (Å²) in [6.07, 6.45) is 10.2. The van der Waals surface area contributed by atoms with Gasteiger partial charge in [-0.1, -0.05) is 38.0 Å². The number of phenols is 1. The number of aromatic hydroxyl groups is 1. The average molecular weight is 499 g/mol. The van der Waals surface area contributed by atoms with Gasteiger partial charge in [-0.2, -0.15) is 4.98 Å². The number of phenolic OH excluding ortho intramolecular Hbond substituents is 1. The Kier molecular flexibility index (Phi) is 7.25. The molecule has 0 aliphatic heterocycles. The predicted octanol–water partition coefficient (Wildman–Crippen LogP) is 5.60. The molecule has 1 fully saturated rings. The first kappa shape index (κ1) is 24.6. The number of rotatable bonds is 9. The van der Waals surface area contributed by atoms with Crippen molar-refractivity contribution in [3.05, 3.63) is 72.1 Å². The molecule has 0 saturated heterocycles. The first-order valence-corrected chi connectivity index (χ1v) is 13.0. The lowest BCUT2D eigenvalue weighted by atomic mass is 9.86. The van der Waals surface area contributed by atoms with Gasteiger partial charge in [0.15, 0.2) is 0 Å². The molecule has 2 aromatic heterocycles. The molecule has 1 saturated carbocycles. The van der Waals surface area contributed by atoms with E-state index < -0.39 is 5.91 Å². The topological polar surface area (TPSA) is 118 Å². The molecule has 0 bridgehead atoms. The van der Waals surface area contributed by atoms with Crippen LogP contribution in [0.1, 0.15) is 54.9 Å². The molecule has 192 valence electrons. The van der Waals surface area contributed by atoms with Crippen LogP contribution in [0, 0.1) is 5.92 Å². The number of anilines is 3. The summed E-state index contributed by atoms with van der Waals surface area (Å²) in [6, 6.07) is 15.8. The fraction of sp³-hybridized carbons (Fsp3) is 0.345. The van der Waals surface area contributed by atoms with Crippen LogP contribution in [0.2, 0.25) is 0 Å². The van der Waals surface area contributed by atoms with Gasteiger partial charge in [0.1, 0.15) is 17.1 Å². The third-order valence-corrected chi connectivity index (χ3v) is 7.35. The van der Waals surface area contributed by atoms with Crippen molar-refractivity contribution in [3.63, 3.8) is 0 Å². The van der Waals surface area contributed by atoms with Crippen molar-refractivity contribution < 1.29 is 9.90 Å². The van der Waals surface area contributed by atoms with Gasteiger partial charge in [-0.3, -0.25) is 4.79 Å². The fourth-order valence-corrected chi connectivity index (χ4v) is 5.19. The van der Waals surface area contributed by atoms with E-state index >= 15 is 0 Å². The fourth-order valence-electron chi connectivity index (χ4n) is 5.19. The average Bonchev–Trinajstić information content (AvgIpc) is 3.31. The maximum atomic E-state index is 12.2. The number of nitrogens with zero attached hydrogens (tertiary/aromatic N) is 3. The van der Waals surface area contributed by atoms with Crippen LogP contribution in [-0.2, 0) is 13.0 Å². The molecule has 2 atom stereocenters. The number of hydrogen-bond donors (Lipinski definition) is 4. The standard InChI is InChI=1S/C29H34N6O2/c1-19-6-2-3-8-24(19)33-29-31-18-23(27(30)37)28(34-29)32-25-9-4-10-26-22(25)15-17-35(26)16-5-7-20-11-13-21(36)14-12-20/h4,9-15,17-19,24,36H,2-3,5-8,16H2,1H3,(H2,30,37)(H2,31,32,33,34)/t19-,24+/m0/s1. The number of primary amides is 1. The second kappa shape index (κ2) is 10.9. The highest BCUT2D eigenvalue weighted by Gasteiger charge is 2.23. The van der Waals surface area contributed by atoms with Gasteiger partial charge in [0.25, 0.3) is 5.91 Å². The first-order valence-electron chi connectivity index (χ1n) is 13.0. The third-order valence-electron chi connectivity index (χ3n) is 7.35. The van der Waals surface area contributed by atoms with Crippen LogP contribution in [-0.4, -0.2) is 31.6 Å². The molecular weight excluding hydrogens is 464 g/mol.